The highest BCUT2D eigenvalue weighted by Gasteiger charge is 2.19. The lowest BCUT2D eigenvalue weighted by atomic mass is 10.00. The number of aromatic nitrogens is 1. The van der Waals surface area contributed by atoms with E-state index in [9.17, 15) is 9.90 Å². The molecule has 0 fully saturated rings. The lowest BCUT2D eigenvalue weighted by molar-refractivity contribution is -0.136. The van der Waals surface area contributed by atoms with Gasteiger partial charge in [-0.3, -0.25) is 4.79 Å². The number of aromatic amines is 1. The van der Waals surface area contributed by atoms with Crippen LogP contribution in [0.15, 0.2) is 36.4 Å². The third-order valence-corrected chi connectivity index (χ3v) is 4.06. The zero-order valence-electron chi connectivity index (χ0n) is 13.4. The van der Waals surface area contributed by atoms with E-state index in [1.54, 1.807) is 7.11 Å². The van der Waals surface area contributed by atoms with Gasteiger partial charge in [0.2, 0.25) is 0 Å². The number of aliphatic carboxylic acids is 1. The molecule has 0 bridgehead atoms. The molecular formula is C19H19NO3. The van der Waals surface area contributed by atoms with Crippen molar-refractivity contribution >= 4 is 16.9 Å². The molecule has 0 amide bonds. The summed E-state index contributed by atoms with van der Waals surface area (Å²) in [5, 5.41) is 10.3. The minimum atomic E-state index is -0.846. The van der Waals surface area contributed by atoms with Crippen molar-refractivity contribution in [3.8, 4) is 17.0 Å². The van der Waals surface area contributed by atoms with Gasteiger partial charge in [0.25, 0.3) is 0 Å². The van der Waals surface area contributed by atoms with Crippen LogP contribution in [0.2, 0.25) is 0 Å². The van der Waals surface area contributed by atoms with Crippen molar-refractivity contribution in [2.45, 2.75) is 20.3 Å². The van der Waals surface area contributed by atoms with Crippen LogP contribution in [0.25, 0.3) is 22.2 Å². The third kappa shape index (κ3) is 2.68. The molecule has 3 aromatic rings. The summed E-state index contributed by atoms with van der Waals surface area (Å²) < 4.78 is 5.44. The molecule has 2 N–H and O–H groups in total. The number of rotatable bonds is 4. The van der Waals surface area contributed by atoms with Gasteiger partial charge in [0.15, 0.2) is 0 Å². The quantitative estimate of drug-likeness (QED) is 0.763. The molecule has 118 valence electrons. The summed E-state index contributed by atoms with van der Waals surface area (Å²) in [5.41, 5.74) is 5.68. The number of fused-ring (bicyclic) bond motifs is 1. The first-order chi connectivity index (χ1) is 11.0. The Morgan fingerprint density at radius 2 is 1.96 bits per heavy atom. The van der Waals surface area contributed by atoms with Crippen LogP contribution in [0.5, 0.6) is 5.75 Å². The maximum absolute atomic E-state index is 11.4. The van der Waals surface area contributed by atoms with Gasteiger partial charge >= 0.3 is 5.97 Å². The van der Waals surface area contributed by atoms with E-state index in [-0.39, 0.29) is 6.42 Å². The van der Waals surface area contributed by atoms with Crippen molar-refractivity contribution in [1.29, 1.82) is 0 Å². The summed E-state index contributed by atoms with van der Waals surface area (Å²) in [6.45, 7) is 4.05. The Morgan fingerprint density at radius 3 is 2.65 bits per heavy atom. The average Bonchev–Trinajstić information content (AvgIpc) is 2.85. The second-order valence-corrected chi connectivity index (χ2v) is 5.75. The van der Waals surface area contributed by atoms with Crippen LogP contribution in [0.4, 0.5) is 0 Å². The predicted octanol–water partition coefficient (Wildman–Crippen LogP) is 4.09. The van der Waals surface area contributed by atoms with Crippen molar-refractivity contribution in [2.24, 2.45) is 0 Å². The number of hydrogen-bond acceptors (Lipinski definition) is 2. The second-order valence-electron chi connectivity index (χ2n) is 5.75. The molecule has 0 aliphatic rings. The molecule has 23 heavy (non-hydrogen) atoms. The third-order valence-electron chi connectivity index (χ3n) is 4.06. The van der Waals surface area contributed by atoms with Crippen LogP contribution < -0.4 is 4.74 Å². The van der Waals surface area contributed by atoms with E-state index < -0.39 is 5.97 Å². The highest BCUT2D eigenvalue weighted by Crippen LogP contribution is 2.37. The van der Waals surface area contributed by atoms with Crippen LogP contribution in [0.1, 0.15) is 16.7 Å². The van der Waals surface area contributed by atoms with Gasteiger partial charge < -0.3 is 14.8 Å². The van der Waals surface area contributed by atoms with Crippen LogP contribution in [0, 0.1) is 13.8 Å². The fourth-order valence-corrected chi connectivity index (χ4v) is 3.12. The number of para-hydroxylation sites is 1. The number of methoxy groups -OCH3 is 1. The number of ether oxygens (including phenoxy) is 1. The number of H-pyrrole nitrogens is 1. The van der Waals surface area contributed by atoms with Gasteiger partial charge in [-0.1, -0.05) is 23.8 Å². The Bertz CT molecular complexity index is 893. The summed E-state index contributed by atoms with van der Waals surface area (Å²) in [6.07, 6.45) is -0.0315. The number of carboxylic acids is 1. The normalized spacial score (nSPS) is 10.9. The molecule has 0 aliphatic heterocycles. The van der Waals surface area contributed by atoms with Gasteiger partial charge in [-0.2, -0.15) is 0 Å². The molecule has 2 aromatic carbocycles. The van der Waals surface area contributed by atoms with Crippen molar-refractivity contribution < 1.29 is 14.6 Å². The Morgan fingerprint density at radius 1 is 1.22 bits per heavy atom. The molecule has 0 unspecified atom stereocenters. The Labute approximate surface area is 134 Å². The number of hydrogen-bond donors (Lipinski definition) is 2. The maximum Gasteiger partial charge on any atom is 0.307 e. The first-order valence-corrected chi connectivity index (χ1v) is 7.48. The SMILES string of the molecule is COc1ccccc1-c1[nH]c2c(C)cc(C)cc2c1CC(=O)O. The molecule has 0 atom stereocenters. The summed E-state index contributed by atoms with van der Waals surface area (Å²) in [4.78, 5) is 14.8. The highest BCUT2D eigenvalue weighted by atomic mass is 16.5. The highest BCUT2D eigenvalue weighted by molar-refractivity contribution is 5.96. The van der Waals surface area contributed by atoms with Crippen molar-refractivity contribution in [3.05, 3.63) is 53.1 Å². The topological polar surface area (TPSA) is 62.3 Å². The Balaban J connectivity index is 2.35. The van der Waals surface area contributed by atoms with Crippen molar-refractivity contribution in [1.82, 2.24) is 4.98 Å². The van der Waals surface area contributed by atoms with Crippen molar-refractivity contribution in [3.63, 3.8) is 0 Å². The molecule has 0 saturated carbocycles. The molecule has 0 radical (unpaired) electrons. The predicted molar refractivity (Wildman–Crippen MR) is 91.1 cm³/mol. The standard InChI is InChI=1S/C19H19NO3/c1-11-8-12(2)18-14(9-11)15(10-17(21)22)19(20-18)13-6-4-5-7-16(13)23-3/h4-9,20H,10H2,1-3H3,(H,21,22). The zero-order chi connectivity index (χ0) is 16.6. The zero-order valence-corrected chi connectivity index (χ0v) is 13.4. The lowest BCUT2D eigenvalue weighted by Gasteiger charge is -2.08. The molecule has 1 heterocycles. The van der Waals surface area contributed by atoms with Gasteiger partial charge in [0.1, 0.15) is 5.75 Å². The first kappa shape index (κ1) is 15.2. The lowest BCUT2D eigenvalue weighted by Crippen LogP contribution is -2.01. The number of aryl methyl sites for hydroxylation is 2. The molecule has 4 heteroatoms. The van der Waals surface area contributed by atoms with E-state index in [0.29, 0.717) is 0 Å². The van der Waals surface area contributed by atoms with Gasteiger partial charge in [-0.25, -0.2) is 0 Å². The largest absolute Gasteiger partial charge is 0.496 e. The van der Waals surface area contributed by atoms with Crippen molar-refractivity contribution in [2.75, 3.05) is 7.11 Å². The van der Waals surface area contributed by atoms with E-state index in [1.807, 2.05) is 44.2 Å². The summed E-state index contributed by atoms with van der Waals surface area (Å²) in [6, 6.07) is 11.8. The van der Waals surface area contributed by atoms with Crippen LogP contribution in [0.3, 0.4) is 0 Å². The van der Waals surface area contributed by atoms with E-state index in [0.717, 1.165) is 44.6 Å². The number of carbonyl (C=O) groups is 1. The van der Waals surface area contributed by atoms with Crippen LogP contribution in [-0.4, -0.2) is 23.2 Å². The molecule has 0 saturated heterocycles. The average molecular weight is 309 g/mol. The van der Waals surface area contributed by atoms with E-state index in [4.69, 9.17) is 4.74 Å². The van der Waals surface area contributed by atoms with Crippen LogP contribution >= 0.6 is 0 Å². The smallest absolute Gasteiger partial charge is 0.307 e. The molecule has 1 aromatic heterocycles. The monoisotopic (exact) mass is 309 g/mol. The summed E-state index contributed by atoms with van der Waals surface area (Å²) in [5.74, 6) is -0.124. The van der Waals surface area contributed by atoms with Gasteiger partial charge in [-0.05, 0) is 43.2 Å². The van der Waals surface area contributed by atoms with E-state index in [2.05, 4.69) is 11.1 Å². The van der Waals surface area contributed by atoms with Gasteiger partial charge in [0, 0.05) is 16.5 Å². The second kappa shape index (κ2) is 5.80. The minimum absolute atomic E-state index is 0.0315. The number of carboxylic acid groups (broad SMARTS) is 1. The first-order valence-electron chi connectivity index (χ1n) is 7.48. The molecule has 3 rings (SSSR count). The van der Waals surface area contributed by atoms with Gasteiger partial charge in [0.05, 0.1) is 19.2 Å². The maximum atomic E-state index is 11.4. The molecular weight excluding hydrogens is 290 g/mol. The summed E-state index contributed by atoms with van der Waals surface area (Å²) >= 11 is 0. The minimum Gasteiger partial charge on any atom is -0.496 e. The number of nitrogens with one attached hydrogen (secondary N) is 1. The van der Waals surface area contributed by atoms with E-state index >= 15 is 0 Å². The molecule has 4 nitrogen and oxygen atoms in total. The molecule has 0 aliphatic carbocycles. The van der Waals surface area contributed by atoms with E-state index in [1.165, 1.54) is 0 Å². The van der Waals surface area contributed by atoms with Crippen LogP contribution in [-0.2, 0) is 11.2 Å². The number of benzene rings is 2. The summed E-state index contributed by atoms with van der Waals surface area (Å²) in [7, 11) is 1.62. The Kier molecular flexibility index (Phi) is 3.82. The fourth-order valence-electron chi connectivity index (χ4n) is 3.12. The Hall–Kier alpha value is -2.75. The van der Waals surface area contributed by atoms with Gasteiger partial charge in [-0.15, -0.1) is 0 Å². The molecule has 0 spiro atoms. The fraction of sp³-hybridized carbons (Fsp3) is 0.211.